The number of carbonyl (C=O) groups excluding carboxylic acids is 1. The fourth-order valence-electron chi connectivity index (χ4n) is 2.41. The Morgan fingerprint density at radius 2 is 2.10 bits per heavy atom. The van der Waals surface area contributed by atoms with Gasteiger partial charge in [0, 0.05) is 58.8 Å². The second-order valence-electron chi connectivity index (χ2n) is 5.26. The summed E-state index contributed by atoms with van der Waals surface area (Å²) in [6.45, 7) is 6.38. The molecule has 0 aromatic carbocycles. The van der Waals surface area contributed by atoms with Crippen molar-refractivity contribution in [2.24, 2.45) is 0 Å². The first-order valence-corrected chi connectivity index (χ1v) is 7.37. The van der Waals surface area contributed by atoms with Gasteiger partial charge in [0.05, 0.1) is 13.2 Å². The smallest absolute Gasteiger partial charge is 0.234 e. The van der Waals surface area contributed by atoms with E-state index < -0.39 is 0 Å². The van der Waals surface area contributed by atoms with Crippen LogP contribution >= 0.6 is 0 Å². The van der Waals surface area contributed by atoms with Crippen LogP contribution in [0, 0.1) is 0 Å². The third-order valence-corrected chi connectivity index (χ3v) is 3.59. The van der Waals surface area contributed by atoms with Gasteiger partial charge in [-0.25, -0.2) is 0 Å². The first kappa shape index (κ1) is 15.9. The highest BCUT2D eigenvalue weighted by Crippen LogP contribution is 2.07. The summed E-state index contributed by atoms with van der Waals surface area (Å²) >= 11 is 0. The van der Waals surface area contributed by atoms with Gasteiger partial charge in [0.2, 0.25) is 5.91 Å². The Hall–Kier alpha value is -1.50. The Morgan fingerprint density at radius 3 is 2.76 bits per heavy atom. The highest BCUT2D eigenvalue weighted by molar-refractivity contribution is 5.77. The van der Waals surface area contributed by atoms with Gasteiger partial charge in [-0.15, -0.1) is 0 Å². The number of amides is 1. The van der Waals surface area contributed by atoms with Crippen molar-refractivity contribution in [3.05, 3.63) is 30.1 Å². The normalized spacial score (nSPS) is 16.8. The largest absolute Gasteiger partial charge is 0.383 e. The number of aromatic nitrogens is 1. The van der Waals surface area contributed by atoms with Gasteiger partial charge in [-0.1, -0.05) is 6.07 Å². The maximum absolute atomic E-state index is 11.7. The van der Waals surface area contributed by atoms with E-state index in [2.05, 4.69) is 26.2 Å². The lowest BCUT2D eigenvalue weighted by Crippen LogP contribution is -2.49. The molecule has 2 rings (SSSR count). The summed E-state index contributed by atoms with van der Waals surface area (Å²) in [5.74, 6) is 0.0766. The van der Waals surface area contributed by atoms with Crippen LogP contribution in [0.4, 0.5) is 0 Å². The zero-order valence-electron chi connectivity index (χ0n) is 12.6. The van der Waals surface area contributed by atoms with E-state index in [9.17, 15) is 4.79 Å². The molecule has 6 heteroatoms. The van der Waals surface area contributed by atoms with Crippen LogP contribution in [0.15, 0.2) is 24.5 Å². The minimum Gasteiger partial charge on any atom is -0.383 e. The first-order valence-electron chi connectivity index (χ1n) is 7.37. The van der Waals surface area contributed by atoms with Crippen molar-refractivity contribution in [2.45, 2.75) is 6.54 Å². The van der Waals surface area contributed by atoms with Gasteiger partial charge >= 0.3 is 0 Å². The lowest BCUT2D eigenvalue weighted by atomic mass is 10.2. The molecular formula is C15H24N4O2. The molecule has 0 spiro atoms. The molecule has 0 saturated carbocycles. The fraction of sp³-hybridized carbons (Fsp3) is 0.600. The third kappa shape index (κ3) is 5.79. The number of piperazine rings is 1. The number of hydrogen-bond donors (Lipinski definition) is 1. The summed E-state index contributed by atoms with van der Waals surface area (Å²) in [5, 5.41) is 2.85. The summed E-state index contributed by atoms with van der Waals surface area (Å²) in [6.07, 6.45) is 3.71. The Labute approximate surface area is 126 Å². The molecule has 1 aliphatic heterocycles. The van der Waals surface area contributed by atoms with Crippen molar-refractivity contribution in [2.75, 3.05) is 53.0 Å². The van der Waals surface area contributed by atoms with Crippen LogP contribution in [0.3, 0.4) is 0 Å². The highest BCUT2D eigenvalue weighted by Gasteiger charge is 2.18. The quantitative estimate of drug-likeness (QED) is 0.715. The van der Waals surface area contributed by atoms with Gasteiger partial charge < -0.3 is 10.1 Å². The molecule has 116 valence electrons. The molecule has 2 heterocycles. The number of carbonyl (C=O) groups is 1. The van der Waals surface area contributed by atoms with Crippen LogP contribution in [0.25, 0.3) is 0 Å². The van der Waals surface area contributed by atoms with Gasteiger partial charge in [-0.2, -0.15) is 0 Å². The van der Waals surface area contributed by atoms with E-state index in [1.54, 1.807) is 13.3 Å². The van der Waals surface area contributed by atoms with Crippen LogP contribution < -0.4 is 5.32 Å². The van der Waals surface area contributed by atoms with E-state index in [0.29, 0.717) is 19.7 Å². The second kappa shape index (κ2) is 8.71. The number of nitrogens with zero attached hydrogens (tertiary/aromatic N) is 3. The predicted octanol–water partition coefficient (Wildman–Crippen LogP) is -0.0382. The molecular weight excluding hydrogens is 268 g/mol. The summed E-state index contributed by atoms with van der Waals surface area (Å²) in [6, 6.07) is 4.07. The Balaban J connectivity index is 1.65. The van der Waals surface area contributed by atoms with Crippen LogP contribution in [-0.2, 0) is 16.1 Å². The van der Waals surface area contributed by atoms with Crippen LogP contribution in [0.5, 0.6) is 0 Å². The molecule has 1 fully saturated rings. The van der Waals surface area contributed by atoms with Crippen molar-refractivity contribution >= 4 is 5.91 Å². The predicted molar refractivity (Wildman–Crippen MR) is 80.8 cm³/mol. The maximum atomic E-state index is 11.7. The Bertz CT molecular complexity index is 419. The summed E-state index contributed by atoms with van der Waals surface area (Å²) in [5.41, 5.74) is 1.24. The Morgan fingerprint density at radius 1 is 1.33 bits per heavy atom. The molecule has 0 unspecified atom stereocenters. The molecule has 1 N–H and O–H groups in total. The molecule has 0 aliphatic carbocycles. The van der Waals surface area contributed by atoms with Gasteiger partial charge in [0.1, 0.15) is 0 Å². The monoisotopic (exact) mass is 292 g/mol. The average molecular weight is 292 g/mol. The molecule has 1 aromatic rings. The molecule has 21 heavy (non-hydrogen) atoms. The lowest BCUT2D eigenvalue weighted by molar-refractivity contribution is -0.122. The van der Waals surface area contributed by atoms with Gasteiger partial charge in [-0.05, 0) is 11.6 Å². The molecule has 0 radical (unpaired) electrons. The summed E-state index contributed by atoms with van der Waals surface area (Å²) < 4.78 is 4.91. The van der Waals surface area contributed by atoms with Gasteiger partial charge in [0.25, 0.3) is 0 Å². The number of rotatable bonds is 7. The molecule has 0 bridgehead atoms. The number of methoxy groups -OCH3 is 1. The first-order chi connectivity index (χ1) is 10.3. The number of ether oxygens (including phenoxy) is 1. The van der Waals surface area contributed by atoms with E-state index in [1.165, 1.54) is 5.56 Å². The zero-order chi connectivity index (χ0) is 14.9. The molecule has 1 aromatic heterocycles. The van der Waals surface area contributed by atoms with Crippen molar-refractivity contribution in [1.82, 2.24) is 20.1 Å². The maximum Gasteiger partial charge on any atom is 0.234 e. The number of hydrogen-bond acceptors (Lipinski definition) is 5. The SMILES string of the molecule is COCCNC(=O)CN1CCN(Cc2cccnc2)CC1. The number of pyridine rings is 1. The van der Waals surface area contributed by atoms with Gasteiger partial charge in [0.15, 0.2) is 0 Å². The van der Waals surface area contributed by atoms with Gasteiger partial charge in [-0.3, -0.25) is 19.6 Å². The van der Waals surface area contributed by atoms with Crippen molar-refractivity contribution in [3.8, 4) is 0 Å². The molecule has 1 aliphatic rings. The number of nitrogens with one attached hydrogen (secondary N) is 1. The standard InChI is InChI=1S/C15H24N4O2/c1-21-10-5-17-15(20)13-19-8-6-18(7-9-19)12-14-3-2-4-16-11-14/h2-4,11H,5-10,12-13H2,1H3,(H,17,20). The lowest BCUT2D eigenvalue weighted by Gasteiger charge is -2.34. The van der Waals surface area contributed by atoms with Crippen molar-refractivity contribution < 1.29 is 9.53 Å². The second-order valence-corrected chi connectivity index (χ2v) is 5.26. The summed E-state index contributed by atoms with van der Waals surface area (Å²) in [4.78, 5) is 20.5. The molecule has 1 amide bonds. The van der Waals surface area contributed by atoms with E-state index in [-0.39, 0.29) is 5.91 Å². The van der Waals surface area contributed by atoms with E-state index >= 15 is 0 Å². The molecule has 0 atom stereocenters. The fourth-order valence-corrected chi connectivity index (χ4v) is 2.41. The highest BCUT2D eigenvalue weighted by atomic mass is 16.5. The Kier molecular flexibility index (Phi) is 6.59. The van der Waals surface area contributed by atoms with E-state index in [0.717, 1.165) is 32.7 Å². The summed E-state index contributed by atoms with van der Waals surface area (Å²) in [7, 11) is 1.63. The topological polar surface area (TPSA) is 57.7 Å². The zero-order valence-corrected chi connectivity index (χ0v) is 12.6. The van der Waals surface area contributed by atoms with E-state index in [4.69, 9.17) is 4.74 Å². The van der Waals surface area contributed by atoms with Crippen molar-refractivity contribution in [3.63, 3.8) is 0 Å². The van der Waals surface area contributed by atoms with Crippen LogP contribution in [0.2, 0.25) is 0 Å². The van der Waals surface area contributed by atoms with E-state index in [1.807, 2.05) is 12.3 Å². The van der Waals surface area contributed by atoms with Crippen LogP contribution in [-0.4, -0.2) is 73.7 Å². The third-order valence-electron chi connectivity index (χ3n) is 3.59. The van der Waals surface area contributed by atoms with Crippen molar-refractivity contribution in [1.29, 1.82) is 0 Å². The molecule has 6 nitrogen and oxygen atoms in total. The minimum absolute atomic E-state index is 0.0766. The molecule has 1 saturated heterocycles. The van der Waals surface area contributed by atoms with Crippen LogP contribution in [0.1, 0.15) is 5.56 Å². The average Bonchev–Trinajstić information content (AvgIpc) is 2.51. The minimum atomic E-state index is 0.0766.